The molecule has 2 aromatic rings. The average molecular weight is 373 g/mol. The van der Waals surface area contributed by atoms with E-state index in [2.05, 4.69) is 15.6 Å². The van der Waals surface area contributed by atoms with E-state index in [1.54, 1.807) is 0 Å². The van der Waals surface area contributed by atoms with Crippen LogP contribution in [-0.4, -0.2) is 42.8 Å². The molecular weight excluding hydrogens is 354 g/mol. The monoisotopic (exact) mass is 373 g/mol. The lowest BCUT2D eigenvalue weighted by Gasteiger charge is -2.11. The van der Waals surface area contributed by atoms with Gasteiger partial charge in [0.25, 0.3) is 11.8 Å². The second-order valence-corrected chi connectivity index (χ2v) is 8.40. The molecule has 2 N–H and O–H groups in total. The number of benzene rings is 1. The number of carbonyl (C=O) groups is 2. The number of rotatable bonds is 5. The number of nitrogens with one attached hydrogen (secondary N) is 2. The van der Waals surface area contributed by atoms with Gasteiger partial charge >= 0.3 is 0 Å². The van der Waals surface area contributed by atoms with Gasteiger partial charge < -0.3 is 10.6 Å². The lowest BCUT2D eigenvalue weighted by Crippen LogP contribution is -2.36. The summed E-state index contributed by atoms with van der Waals surface area (Å²) in [6.45, 7) is 0.378. The van der Waals surface area contributed by atoms with Crippen LogP contribution in [0, 0.1) is 0 Å². The molecule has 26 heavy (non-hydrogen) atoms. The van der Waals surface area contributed by atoms with Crippen LogP contribution in [-0.2, 0) is 16.4 Å². The summed E-state index contributed by atoms with van der Waals surface area (Å²) in [5, 5.41) is 5.45. The fourth-order valence-electron chi connectivity index (χ4n) is 2.74. The number of carbonyl (C=O) groups excluding carboxylic acids is 2. The Kier molecular flexibility index (Phi) is 5.32. The predicted molar refractivity (Wildman–Crippen MR) is 96.4 cm³/mol. The van der Waals surface area contributed by atoms with Gasteiger partial charge in [0, 0.05) is 24.3 Å². The highest BCUT2D eigenvalue weighted by molar-refractivity contribution is 7.91. The molecule has 1 aromatic heterocycles. The predicted octanol–water partition coefficient (Wildman–Crippen LogP) is 0.928. The van der Waals surface area contributed by atoms with Gasteiger partial charge in [-0.2, -0.15) is 0 Å². The Morgan fingerprint density at radius 1 is 1.12 bits per heavy atom. The Labute approximate surface area is 151 Å². The van der Waals surface area contributed by atoms with E-state index >= 15 is 0 Å². The Hall–Kier alpha value is -2.74. The van der Waals surface area contributed by atoms with Gasteiger partial charge in [-0.1, -0.05) is 30.3 Å². The molecule has 0 bridgehead atoms. The van der Waals surface area contributed by atoms with Crippen molar-refractivity contribution in [1.82, 2.24) is 15.6 Å². The van der Waals surface area contributed by atoms with Crippen LogP contribution in [0.5, 0.6) is 0 Å². The Bertz CT molecular complexity index is 913. The molecule has 1 aliphatic rings. The minimum absolute atomic E-state index is 0.0595. The van der Waals surface area contributed by atoms with Crippen molar-refractivity contribution in [1.29, 1.82) is 0 Å². The summed E-state index contributed by atoms with van der Waals surface area (Å²) >= 11 is 0. The molecule has 0 aliphatic carbocycles. The molecule has 8 heteroatoms. The van der Waals surface area contributed by atoms with Crippen molar-refractivity contribution in [2.45, 2.75) is 19.0 Å². The maximum absolute atomic E-state index is 12.3. The van der Waals surface area contributed by atoms with Gasteiger partial charge in [-0.3, -0.25) is 14.6 Å². The number of hydrogen-bond acceptors (Lipinski definition) is 5. The number of hydrogen-bond donors (Lipinski definition) is 2. The molecule has 136 valence electrons. The highest BCUT2D eigenvalue weighted by atomic mass is 32.2. The Morgan fingerprint density at radius 2 is 1.88 bits per heavy atom. The summed E-state index contributed by atoms with van der Waals surface area (Å²) in [4.78, 5) is 28.5. The van der Waals surface area contributed by atoms with Crippen LogP contribution in [0.1, 0.15) is 32.8 Å². The fraction of sp³-hybridized carbons (Fsp3) is 0.278. The van der Waals surface area contributed by atoms with E-state index in [4.69, 9.17) is 0 Å². The molecule has 0 saturated carbocycles. The average Bonchev–Trinajstić information content (AvgIpc) is 2.99. The third-order valence-electron chi connectivity index (χ3n) is 4.12. The lowest BCUT2D eigenvalue weighted by molar-refractivity contribution is 0.0936. The summed E-state index contributed by atoms with van der Waals surface area (Å²) in [7, 11) is -3.08. The number of amides is 2. The van der Waals surface area contributed by atoms with Crippen molar-refractivity contribution in [3.8, 4) is 0 Å². The Morgan fingerprint density at radius 3 is 2.58 bits per heavy atom. The first-order valence-electron chi connectivity index (χ1n) is 8.22. The summed E-state index contributed by atoms with van der Waals surface area (Å²) < 4.78 is 22.9. The first-order chi connectivity index (χ1) is 12.4. The Balaban J connectivity index is 1.62. The van der Waals surface area contributed by atoms with Gasteiger partial charge in [-0.15, -0.1) is 0 Å². The van der Waals surface area contributed by atoms with E-state index in [-0.39, 0.29) is 23.1 Å². The number of nitrogens with zero attached hydrogens (tertiary/aromatic N) is 1. The topological polar surface area (TPSA) is 105 Å². The van der Waals surface area contributed by atoms with E-state index in [1.807, 2.05) is 30.3 Å². The van der Waals surface area contributed by atoms with Gasteiger partial charge in [0.05, 0.1) is 11.5 Å². The molecular formula is C18H19N3O4S. The number of pyridine rings is 1. The SMILES string of the molecule is O=C(NCc1ccccc1)c1ccnc(C(=O)NC2CCS(=O)(=O)C2)c1. The molecule has 1 saturated heterocycles. The molecule has 0 radical (unpaired) electrons. The fourth-order valence-corrected chi connectivity index (χ4v) is 4.42. The maximum atomic E-state index is 12.3. The van der Waals surface area contributed by atoms with Crippen molar-refractivity contribution >= 4 is 21.7 Å². The molecule has 0 spiro atoms. The molecule has 2 amide bonds. The molecule has 1 aliphatic heterocycles. The first-order valence-corrected chi connectivity index (χ1v) is 10.0. The van der Waals surface area contributed by atoms with Gasteiger partial charge in [0.1, 0.15) is 5.69 Å². The van der Waals surface area contributed by atoms with Crippen LogP contribution in [0.3, 0.4) is 0 Å². The molecule has 1 aromatic carbocycles. The summed E-state index contributed by atoms with van der Waals surface area (Å²) in [6.07, 6.45) is 1.78. The van der Waals surface area contributed by atoms with E-state index in [0.29, 0.717) is 18.5 Å². The minimum Gasteiger partial charge on any atom is -0.348 e. The van der Waals surface area contributed by atoms with Gasteiger partial charge in [-0.25, -0.2) is 8.42 Å². The highest BCUT2D eigenvalue weighted by Gasteiger charge is 2.29. The van der Waals surface area contributed by atoms with Gasteiger partial charge in [-0.05, 0) is 24.1 Å². The van der Waals surface area contributed by atoms with Crippen LogP contribution in [0.2, 0.25) is 0 Å². The van der Waals surface area contributed by atoms with Gasteiger partial charge in [0.2, 0.25) is 0 Å². The number of sulfone groups is 1. The quantitative estimate of drug-likeness (QED) is 0.811. The van der Waals surface area contributed by atoms with Crippen molar-refractivity contribution < 1.29 is 18.0 Å². The largest absolute Gasteiger partial charge is 0.348 e. The second kappa shape index (κ2) is 7.65. The van der Waals surface area contributed by atoms with Crippen LogP contribution in [0.15, 0.2) is 48.7 Å². The third-order valence-corrected chi connectivity index (χ3v) is 5.89. The van der Waals surface area contributed by atoms with Crippen LogP contribution < -0.4 is 10.6 Å². The number of aromatic nitrogens is 1. The van der Waals surface area contributed by atoms with Crippen molar-refractivity contribution in [2.24, 2.45) is 0 Å². The standard InChI is InChI=1S/C18H19N3O4S/c22-17(20-11-13-4-2-1-3-5-13)14-6-8-19-16(10-14)18(23)21-15-7-9-26(24,25)12-15/h1-6,8,10,15H,7,9,11-12H2,(H,20,22)(H,21,23). The molecule has 1 fully saturated rings. The van der Waals surface area contributed by atoms with E-state index < -0.39 is 21.8 Å². The van der Waals surface area contributed by atoms with E-state index in [1.165, 1.54) is 18.3 Å². The molecule has 2 heterocycles. The zero-order chi connectivity index (χ0) is 18.6. The zero-order valence-corrected chi connectivity index (χ0v) is 14.8. The van der Waals surface area contributed by atoms with Crippen LogP contribution in [0.25, 0.3) is 0 Å². The highest BCUT2D eigenvalue weighted by Crippen LogP contribution is 2.12. The summed E-state index contributed by atoms with van der Waals surface area (Å²) in [5.41, 5.74) is 1.37. The van der Waals surface area contributed by atoms with Crippen LogP contribution >= 0.6 is 0 Å². The lowest BCUT2D eigenvalue weighted by atomic mass is 10.2. The van der Waals surface area contributed by atoms with E-state index in [0.717, 1.165) is 5.56 Å². The smallest absolute Gasteiger partial charge is 0.270 e. The minimum atomic E-state index is -3.08. The second-order valence-electron chi connectivity index (χ2n) is 6.17. The molecule has 3 rings (SSSR count). The van der Waals surface area contributed by atoms with Crippen LogP contribution in [0.4, 0.5) is 0 Å². The molecule has 7 nitrogen and oxygen atoms in total. The first kappa shape index (κ1) is 18.1. The van der Waals surface area contributed by atoms with Gasteiger partial charge in [0.15, 0.2) is 9.84 Å². The molecule has 1 unspecified atom stereocenters. The maximum Gasteiger partial charge on any atom is 0.270 e. The summed E-state index contributed by atoms with van der Waals surface area (Å²) in [6, 6.07) is 12.0. The zero-order valence-electron chi connectivity index (χ0n) is 14.0. The van der Waals surface area contributed by atoms with Crippen molar-refractivity contribution in [3.63, 3.8) is 0 Å². The normalized spacial score (nSPS) is 18.2. The van der Waals surface area contributed by atoms with Crippen molar-refractivity contribution in [3.05, 3.63) is 65.5 Å². The van der Waals surface area contributed by atoms with Crippen molar-refractivity contribution in [2.75, 3.05) is 11.5 Å². The molecule has 1 atom stereocenters. The third kappa shape index (κ3) is 4.66. The van der Waals surface area contributed by atoms with E-state index in [9.17, 15) is 18.0 Å². The summed E-state index contributed by atoms with van der Waals surface area (Å²) in [5.74, 6) is -0.776.